The van der Waals surface area contributed by atoms with Crippen molar-refractivity contribution >= 4 is 40.3 Å². The Morgan fingerprint density at radius 3 is 2.87 bits per heavy atom. The highest BCUT2D eigenvalue weighted by atomic mass is 32.1. The molecule has 0 fully saturated rings. The Morgan fingerprint density at radius 1 is 1.26 bits per heavy atom. The summed E-state index contributed by atoms with van der Waals surface area (Å²) in [5.41, 5.74) is 0.746. The Bertz CT molecular complexity index is 645. The second-order valence-corrected chi connectivity index (χ2v) is 5.81. The molecule has 122 valence electrons. The van der Waals surface area contributed by atoms with Gasteiger partial charge in [-0.25, -0.2) is 0 Å². The van der Waals surface area contributed by atoms with E-state index in [9.17, 15) is 4.79 Å². The van der Waals surface area contributed by atoms with Crippen LogP contribution in [0.1, 0.15) is 16.6 Å². The van der Waals surface area contributed by atoms with Crippen molar-refractivity contribution in [2.24, 2.45) is 0 Å². The summed E-state index contributed by atoms with van der Waals surface area (Å²) in [6.07, 6.45) is 0. The topological polar surface area (TPSA) is 59.6 Å². The van der Waals surface area contributed by atoms with E-state index in [0.29, 0.717) is 30.4 Å². The molecule has 0 saturated carbocycles. The normalized spacial score (nSPS) is 10.1. The van der Waals surface area contributed by atoms with Gasteiger partial charge < -0.3 is 14.8 Å². The lowest BCUT2D eigenvalue weighted by molar-refractivity contribution is 0.0981. The molecule has 0 radical (unpaired) electrons. The number of anilines is 1. The number of nitrogens with one attached hydrogen (secondary N) is 2. The molecule has 0 unspecified atom stereocenters. The Hall–Kier alpha value is -1.96. The molecule has 0 spiro atoms. The van der Waals surface area contributed by atoms with Crippen LogP contribution in [0.4, 0.5) is 5.69 Å². The van der Waals surface area contributed by atoms with Crippen molar-refractivity contribution in [3.63, 3.8) is 0 Å². The Kier molecular flexibility index (Phi) is 6.99. The third-order valence-electron chi connectivity index (χ3n) is 2.76. The molecular formula is C16H18N2O3S2. The summed E-state index contributed by atoms with van der Waals surface area (Å²) in [5, 5.41) is 7.70. The number of ether oxygens (including phenoxy) is 2. The second-order valence-electron chi connectivity index (χ2n) is 4.46. The molecule has 0 saturated heterocycles. The lowest BCUT2D eigenvalue weighted by atomic mass is 10.3. The van der Waals surface area contributed by atoms with Crippen molar-refractivity contribution in [2.75, 3.05) is 25.1 Å². The Balaban J connectivity index is 1.84. The third-order valence-corrected chi connectivity index (χ3v) is 3.84. The molecule has 0 aliphatic heterocycles. The van der Waals surface area contributed by atoms with Gasteiger partial charge in [-0.2, -0.15) is 0 Å². The first-order valence-corrected chi connectivity index (χ1v) is 8.44. The van der Waals surface area contributed by atoms with Crippen LogP contribution < -0.4 is 15.4 Å². The van der Waals surface area contributed by atoms with Crippen molar-refractivity contribution in [3.8, 4) is 5.75 Å². The standard InChI is InChI=1S/C16H18N2O3S2/c1-2-20-8-9-21-13-6-3-5-12(11-13)17-16(22)18-15(19)14-7-4-10-23-14/h3-7,10-11H,2,8-9H2,1H3,(H2,17,18,19,22). The van der Waals surface area contributed by atoms with Crippen LogP contribution in [0.2, 0.25) is 0 Å². The van der Waals surface area contributed by atoms with E-state index >= 15 is 0 Å². The van der Waals surface area contributed by atoms with E-state index in [4.69, 9.17) is 21.7 Å². The largest absolute Gasteiger partial charge is 0.491 e. The molecule has 23 heavy (non-hydrogen) atoms. The van der Waals surface area contributed by atoms with E-state index in [-0.39, 0.29) is 11.0 Å². The van der Waals surface area contributed by atoms with Gasteiger partial charge in [0.2, 0.25) is 0 Å². The van der Waals surface area contributed by atoms with Crippen LogP contribution in [0.25, 0.3) is 0 Å². The number of thiocarbonyl (C=S) groups is 1. The Labute approximate surface area is 144 Å². The predicted octanol–water partition coefficient (Wildman–Crippen LogP) is 3.29. The fourth-order valence-corrected chi connectivity index (χ4v) is 2.59. The van der Waals surface area contributed by atoms with E-state index in [1.54, 1.807) is 6.07 Å². The molecule has 2 aromatic rings. The first-order chi connectivity index (χ1) is 11.2. The zero-order chi connectivity index (χ0) is 16.5. The minimum absolute atomic E-state index is 0.221. The number of benzene rings is 1. The third kappa shape index (κ3) is 5.97. The zero-order valence-corrected chi connectivity index (χ0v) is 14.3. The predicted molar refractivity (Wildman–Crippen MR) is 96.4 cm³/mol. The van der Waals surface area contributed by atoms with Crippen LogP contribution >= 0.6 is 23.6 Å². The van der Waals surface area contributed by atoms with Crippen LogP contribution in [-0.2, 0) is 4.74 Å². The van der Waals surface area contributed by atoms with Crippen molar-refractivity contribution in [3.05, 3.63) is 46.7 Å². The molecule has 1 aromatic heterocycles. The van der Waals surface area contributed by atoms with Gasteiger partial charge in [0.25, 0.3) is 5.91 Å². The van der Waals surface area contributed by atoms with Crippen LogP contribution in [0.5, 0.6) is 5.75 Å². The highest BCUT2D eigenvalue weighted by Crippen LogP contribution is 2.17. The smallest absolute Gasteiger partial charge is 0.267 e. The maximum absolute atomic E-state index is 11.9. The average Bonchev–Trinajstić information content (AvgIpc) is 3.06. The van der Waals surface area contributed by atoms with Gasteiger partial charge in [-0.3, -0.25) is 10.1 Å². The summed E-state index contributed by atoms with van der Waals surface area (Å²) in [7, 11) is 0. The SMILES string of the molecule is CCOCCOc1cccc(NC(=S)NC(=O)c2cccs2)c1. The van der Waals surface area contributed by atoms with E-state index in [1.807, 2.05) is 42.6 Å². The van der Waals surface area contributed by atoms with Crippen molar-refractivity contribution in [2.45, 2.75) is 6.92 Å². The van der Waals surface area contributed by atoms with E-state index in [1.165, 1.54) is 11.3 Å². The van der Waals surface area contributed by atoms with Gasteiger partial charge in [0, 0.05) is 18.4 Å². The van der Waals surface area contributed by atoms with Crippen molar-refractivity contribution in [1.29, 1.82) is 0 Å². The molecule has 0 aliphatic carbocycles. The molecular weight excluding hydrogens is 332 g/mol. The lowest BCUT2D eigenvalue weighted by Gasteiger charge is -2.11. The molecule has 0 atom stereocenters. The molecule has 7 heteroatoms. The Morgan fingerprint density at radius 2 is 2.13 bits per heavy atom. The van der Waals surface area contributed by atoms with Gasteiger partial charge in [-0.15, -0.1) is 11.3 Å². The fraction of sp³-hybridized carbons (Fsp3) is 0.250. The molecule has 0 aliphatic rings. The zero-order valence-electron chi connectivity index (χ0n) is 12.7. The van der Waals surface area contributed by atoms with Gasteiger partial charge in [0.15, 0.2) is 5.11 Å². The summed E-state index contributed by atoms with van der Waals surface area (Å²) >= 11 is 6.52. The molecule has 0 bridgehead atoms. The molecule has 1 heterocycles. The van der Waals surface area contributed by atoms with Gasteiger partial charge in [-0.1, -0.05) is 12.1 Å². The number of carbonyl (C=O) groups is 1. The molecule has 2 N–H and O–H groups in total. The second kappa shape index (κ2) is 9.24. The minimum Gasteiger partial charge on any atom is -0.491 e. The number of carbonyl (C=O) groups excluding carboxylic acids is 1. The number of hydrogen-bond acceptors (Lipinski definition) is 5. The van der Waals surface area contributed by atoms with Crippen LogP contribution in [0.15, 0.2) is 41.8 Å². The van der Waals surface area contributed by atoms with Gasteiger partial charge in [0.05, 0.1) is 11.5 Å². The van der Waals surface area contributed by atoms with E-state index in [0.717, 1.165) is 5.69 Å². The summed E-state index contributed by atoms with van der Waals surface area (Å²) in [6, 6.07) is 10.9. The van der Waals surface area contributed by atoms with E-state index in [2.05, 4.69) is 10.6 Å². The maximum atomic E-state index is 11.9. The van der Waals surface area contributed by atoms with Gasteiger partial charge in [-0.05, 0) is 42.7 Å². The summed E-state index contributed by atoms with van der Waals surface area (Å²) < 4.78 is 10.8. The van der Waals surface area contributed by atoms with Crippen LogP contribution in [0.3, 0.4) is 0 Å². The summed E-state index contributed by atoms with van der Waals surface area (Å²) in [6.45, 7) is 3.64. The number of hydrogen-bond donors (Lipinski definition) is 2. The first kappa shape index (κ1) is 17.4. The minimum atomic E-state index is -0.221. The molecule has 1 amide bonds. The molecule has 1 aromatic carbocycles. The number of thiophene rings is 1. The maximum Gasteiger partial charge on any atom is 0.267 e. The first-order valence-electron chi connectivity index (χ1n) is 7.15. The van der Waals surface area contributed by atoms with E-state index < -0.39 is 0 Å². The van der Waals surface area contributed by atoms with Gasteiger partial charge >= 0.3 is 0 Å². The quantitative estimate of drug-likeness (QED) is 0.593. The van der Waals surface area contributed by atoms with Gasteiger partial charge in [0.1, 0.15) is 12.4 Å². The summed E-state index contributed by atoms with van der Waals surface area (Å²) in [4.78, 5) is 12.5. The average molecular weight is 350 g/mol. The van der Waals surface area contributed by atoms with Crippen molar-refractivity contribution < 1.29 is 14.3 Å². The van der Waals surface area contributed by atoms with Crippen LogP contribution in [-0.4, -0.2) is 30.8 Å². The highest BCUT2D eigenvalue weighted by Gasteiger charge is 2.08. The lowest BCUT2D eigenvalue weighted by Crippen LogP contribution is -2.33. The molecule has 2 rings (SSSR count). The number of amides is 1. The summed E-state index contributed by atoms with van der Waals surface area (Å²) in [5.74, 6) is 0.490. The monoisotopic (exact) mass is 350 g/mol. The highest BCUT2D eigenvalue weighted by molar-refractivity contribution is 7.80. The van der Waals surface area contributed by atoms with Crippen LogP contribution in [0, 0.1) is 0 Å². The molecule has 5 nitrogen and oxygen atoms in total. The number of rotatable bonds is 7. The fourth-order valence-electron chi connectivity index (χ4n) is 1.76. The van der Waals surface area contributed by atoms with Crippen molar-refractivity contribution in [1.82, 2.24) is 5.32 Å².